The SMILES string of the molecule is Cc1cccc(C)c1NC(=O)CNC(=O)[C@H]1CCN[C@@H](C)C1.Cl. The van der Waals surface area contributed by atoms with Crippen molar-refractivity contribution < 1.29 is 9.59 Å². The van der Waals surface area contributed by atoms with Crippen molar-refractivity contribution in [3.05, 3.63) is 29.3 Å². The largest absolute Gasteiger partial charge is 0.347 e. The molecule has 1 aliphatic rings. The maximum atomic E-state index is 12.1. The van der Waals surface area contributed by atoms with Gasteiger partial charge < -0.3 is 16.0 Å². The molecule has 0 spiro atoms. The fraction of sp³-hybridized carbons (Fsp3) is 0.529. The molecule has 1 fully saturated rings. The number of anilines is 1. The number of carbonyl (C=O) groups is 2. The number of aryl methyl sites for hydroxylation is 2. The van der Waals surface area contributed by atoms with Crippen molar-refractivity contribution >= 4 is 29.9 Å². The maximum Gasteiger partial charge on any atom is 0.243 e. The molecule has 23 heavy (non-hydrogen) atoms. The maximum absolute atomic E-state index is 12.1. The van der Waals surface area contributed by atoms with E-state index in [4.69, 9.17) is 0 Å². The first-order valence-electron chi connectivity index (χ1n) is 7.84. The summed E-state index contributed by atoms with van der Waals surface area (Å²) in [6.45, 7) is 6.86. The Morgan fingerprint density at radius 2 is 1.91 bits per heavy atom. The zero-order chi connectivity index (χ0) is 16.1. The highest BCUT2D eigenvalue weighted by Crippen LogP contribution is 2.19. The molecule has 1 aliphatic heterocycles. The van der Waals surface area contributed by atoms with Gasteiger partial charge in [0.2, 0.25) is 11.8 Å². The first kappa shape index (κ1) is 19.5. The van der Waals surface area contributed by atoms with Crippen LogP contribution in [-0.2, 0) is 9.59 Å². The van der Waals surface area contributed by atoms with Crippen LogP contribution in [0.2, 0.25) is 0 Å². The summed E-state index contributed by atoms with van der Waals surface area (Å²) in [4.78, 5) is 24.1. The lowest BCUT2D eigenvalue weighted by Crippen LogP contribution is -2.44. The second kappa shape index (κ2) is 8.89. The molecule has 5 nitrogen and oxygen atoms in total. The van der Waals surface area contributed by atoms with Crippen LogP contribution >= 0.6 is 12.4 Å². The first-order valence-corrected chi connectivity index (χ1v) is 7.84. The number of nitrogens with one attached hydrogen (secondary N) is 3. The standard InChI is InChI=1S/C17H25N3O2.ClH/c1-11-5-4-6-12(2)16(11)20-15(21)10-19-17(22)14-7-8-18-13(3)9-14;/h4-6,13-14,18H,7-10H2,1-3H3,(H,19,22)(H,20,21);1H/t13-,14-;/m0./s1. The summed E-state index contributed by atoms with van der Waals surface area (Å²) in [5.74, 6) is -0.206. The van der Waals surface area contributed by atoms with Crippen LogP contribution in [0.5, 0.6) is 0 Å². The van der Waals surface area contributed by atoms with Gasteiger partial charge in [-0.15, -0.1) is 12.4 Å². The summed E-state index contributed by atoms with van der Waals surface area (Å²) >= 11 is 0. The van der Waals surface area contributed by atoms with Crippen molar-refractivity contribution in [2.24, 2.45) is 5.92 Å². The fourth-order valence-corrected chi connectivity index (χ4v) is 2.88. The molecule has 0 aliphatic carbocycles. The third kappa shape index (κ3) is 5.52. The molecule has 0 aromatic heterocycles. The van der Waals surface area contributed by atoms with Crippen LogP contribution in [0.15, 0.2) is 18.2 Å². The van der Waals surface area contributed by atoms with Gasteiger partial charge in [-0.1, -0.05) is 18.2 Å². The van der Waals surface area contributed by atoms with E-state index in [1.807, 2.05) is 32.0 Å². The number of hydrogen-bond donors (Lipinski definition) is 3. The number of halogens is 1. The normalized spacial score (nSPS) is 20.3. The summed E-state index contributed by atoms with van der Waals surface area (Å²) in [7, 11) is 0. The minimum atomic E-state index is -0.187. The molecule has 2 atom stereocenters. The summed E-state index contributed by atoms with van der Waals surface area (Å²) in [6.07, 6.45) is 1.65. The van der Waals surface area contributed by atoms with Crippen LogP contribution in [0, 0.1) is 19.8 Å². The van der Waals surface area contributed by atoms with Gasteiger partial charge >= 0.3 is 0 Å². The molecule has 128 valence electrons. The van der Waals surface area contributed by atoms with Gasteiger partial charge in [0.05, 0.1) is 6.54 Å². The zero-order valence-electron chi connectivity index (χ0n) is 13.9. The van der Waals surface area contributed by atoms with Gasteiger partial charge in [-0.3, -0.25) is 9.59 Å². The Morgan fingerprint density at radius 3 is 2.52 bits per heavy atom. The number of para-hydroxylation sites is 1. The molecular weight excluding hydrogens is 314 g/mol. The van der Waals surface area contributed by atoms with Crippen LogP contribution in [-0.4, -0.2) is 30.9 Å². The second-order valence-corrected chi connectivity index (χ2v) is 6.11. The summed E-state index contributed by atoms with van der Waals surface area (Å²) < 4.78 is 0. The van der Waals surface area contributed by atoms with Gasteiger partial charge in [-0.05, 0) is 51.3 Å². The Morgan fingerprint density at radius 1 is 1.26 bits per heavy atom. The van der Waals surface area contributed by atoms with Crippen LogP contribution < -0.4 is 16.0 Å². The van der Waals surface area contributed by atoms with Crippen molar-refractivity contribution in [3.8, 4) is 0 Å². The first-order chi connectivity index (χ1) is 10.5. The smallest absolute Gasteiger partial charge is 0.243 e. The van der Waals surface area contributed by atoms with Crippen LogP contribution in [0.3, 0.4) is 0 Å². The van der Waals surface area contributed by atoms with E-state index in [2.05, 4.69) is 22.9 Å². The Kier molecular flexibility index (Phi) is 7.52. The predicted octanol–water partition coefficient (Wildman–Crippen LogP) is 2.17. The van der Waals surface area contributed by atoms with Gasteiger partial charge in [0.25, 0.3) is 0 Å². The van der Waals surface area contributed by atoms with Crippen LogP contribution in [0.25, 0.3) is 0 Å². The highest BCUT2D eigenvalue weighted by Gasteiger charge is 2.24. The number of carbonyl (C=O) groups excluding carboxylic acids is 2. The quantitative estimate of drug-likeness (QED) is 0.787. The van der Waals surface area contributed by atoms with Crippen molar-refractivity contribution in [2.75, 3.05) is 18.4 Å². The van der Waals surface area contributed by atoms with Crippen molar-refractivity contribution in [2.45, 2.75) is 39.7 Å². The van der Waals surface area contributed by atoms with Gasteiger partial charge in [0.15, 0.2) is 0 Å². The summed E-state index contributed by atoms with van der Waals surface area (Å²) in [5.41, 5.74) is 2.87. The second-order valence-electron chi connectivity index (χ2n) is 6.11. The number of piperidine rings is 1. The number of benzene rings is 1. The molecule has 2 rings (SSSR count). The van der Waals surface area contributed by atoms with Gasteiger partial charge in [-0.2, -0.15) is 0 Å². The average Bonchev–Trinajstić information content (AvgIpc) is 2.48. The zero-order valence-corrected chi connectivity index (χ0v) is 14.8. The lowest BCUT2D eigenvalue weighted by molar-refractivity contribution is -0.128. The van der Waals surface area contributed by atoms with Gasteiger partial charge in [0.1, 0.15) is 0 Å². The topological polar surface area (TPSA) is 70.2 Å². The molecule has 0 unspecified atom stereocenters. The van der Waals surface area contributed by atoms with E-state index in [1.165, 1.54) is 0 Å². The Labute approximate surface area is 144 Å². The molecule has 1 aromatic carbocycles. The highest BCUT2D eigenvalue weighted by molar-refractivity contribution is 5.96. The summed E-state index contributed by atoms with van der Waals surface area (Å²) in [6, 6.07) is 6.23. The predicted molar refractivity (Wildman–Crippen MR) is 95.0 cm³/mol. The fourth-order valence-electron chi connectivity index (χ4n) is 2.88. The third-order valence-electron chi connectivity index (χ3n) is 4.16. The van der Waals surface area contributed by atoms with Crippen molar-refractivity contribution in [3.63, 3.8) is 0 Å². The van der Waals surface area contributed by atoms with Crippen LogP contribution in [0.4, 0.5) is 5.69 Å². The van der Waals surface area contributed by atoms with E-state index in [9.17, 15) is 9.59 Å². The molecule has 6 heteroatoms. The third-order valence-corrected chi connectivity index (χ3v) is 4.16. The monoisotopic (exact) mass is 339 g/mol. The van der Waals surface area contributed by atoms with Crippen molar-refractivity contribution in [1.82, 2.24) is 10.6 Å². The molecule has 1 aromatic rings. The highest BCUT2D eigenvalue weighted by atomic mass is 35.5. The summed E-state index contributed by atoms with van der Waals surface area (Å²) in [5, 5.41) is 8.95. The molecule has 3 N–H and O–H groups in total. The van der Waals surface area contributed by atoms with Gasteiger partial charge in [-0.25, -0.2) is 0 Å². The van der Waals surface area contributed by atoms with Crippen LogP contribution in [0.1, 0.15) is 30.9 Å². The van der Waals surface area contributed by atoms with E-state index >= 15 is 0 Å². The minimum Gasteiger partial charge on any atom is -0.347 e. The van der Waals surface area contributed by atoms with E-state index in [0.717, 1.165) is 36.2 Å². The van der Waals surface area contributed by atoms with E-state index in [0.29, 0.717) is 6.04 Å². The molecule has 0 radical (unpaired) electrons. The van der Waals surface area contributed by atoms with E-state index in [-0.39, 0.29) is 36.7 Å². The number of amides is 2. The van der Waals surface area contributed by atoms with Gasteiger partial charge in [0, 0.05) is 17.6 Å². The number of rotatable bonds is 4. The van der Waals surface area contributed by atoms with Crippen molar-refractivity contribution in [1.29, 1.82) is 0 Å². The Bertz CT molecular complexity index is 543. The molecule has 0 saturated carbocycles. The number of hydrogen-bond acceptors (Lipinski definition) is 3. The Balaban J connectivity index is 0.00000264. The molecule has 1 saturated heterocycles. The average molecular weight is 340 g/mol. The Hall–Kier alpha value is -1.59. The molecular formula is C17H26ClN3O2. The lowest BCUT2D eigenvalue weighted by Gasteiger charge is -2.27. The molecule has 0 bridgehead atoms. The lowest BCUT2D eigenvalue weighted by atomic mass is 9.92. The molecule has 2 amide bonds. The van der Waals surface area contributed by atoms with E-state index < -0.39 is 0 Å². The minimum absolute atomic E-state index is 0. The molecule has 1 heterocycles. The van der Waals surface area contributed by atoms with E-state index in [1.54, 1.807) is 0 Å².